The molecule has 2 aromatic carbocycles. The molecule has 1 unspecified atom stereocenters. The molecule has 288 valence electrons. The van der Waals surface area contributed by atoms with Gasteiger partial charge in [-0.3, -0.25) is 24.0 Å². The van der Waals surface area contributed by atoms with E-state index in [1.54, 1.807) is 38.1 Å². The third-order valence-electron chi connectivity index (χ3n) is 11.4. The fraction of sp³-hybridized carbons (Fsp3) is 0.538. The number of aromatic nitrogens is 3. The molecule has 3 atom stereocenters. The van der Waals surface area contributed by atoms with Gasteiger partial charge in [0.25, 0.3) is 11.8 Å². The maximum atomic E-state index is 14.9. The highest BCUT2D eigenvalue weighted by atomic mass is 16.4. The van der Waals surface area contributed by atoms with Crippen LogP contribution in [0.4, 0.5) is 0 Å². The van der Waals surface area contributed by atoms with Crippen molar-refractivity contribution < 1.29 is 39.0 Å². The molecule has 1 aromatic heterocycles. The second-order valence-electron chi connectivity index (χ2n) is 15.7. The van der Waals surface area contributed by atoms with E-state index in [4.69, 9.17) is 5.73 Å². The van der Waals surface area contributed by atoms with Crippen molar-refractivity contribution in [2.24, 2.45) is 11.7 Å². The molecule has 2 heterocycles. The van der Waals surface area contributed by atoms with Crippen molar-refractivity contribution in [2.45, 2.75) is 120 Å². The zero-order valence-electron chi connectivity index (χ0n) is 30.8. The molecule has 2 aliphatic carbocycles. The number of hydrogen-bond acceptors (Lipinski definition) is 9. The third kappa shape index (κ3) is 8.15. The maximum Gasteiger partial charge on any atom is 0.335 e. The van der Waals surface area contributed by atoms with Gasteiger partial charge in [0.1, 0.15) is 23.2 Å². The fourth-order valence-corrected chi connectivity index (χ4v) is 8.49. The molecule has 2 saturated carbocycles. The first-order valence-corrected chi connectivity index (χ1v) is 18.8. The number of nitrogens with zero attached hydrogens (tertiary/aromatic N) is 4. The SMILES string of the molecule is CC(C)(O)c1cnnn1[C@H]1C[C@@H](C(=O)NC2(C(=O)C(N)=O)CCCCC2)N(C(=O)C(CC2CCCCC2)NC(=O)c2ccc3cc(C(=O)O)ccc3c2)C1. The summed E-state index contributed by atoms with van der Waals surface area (Å²) < 4.78 is 1.51. The van der Waals surface area contributed by atoms with Gasteiger partial charge in [0.15, 0.2) is 0 Å². The van der Waals surface area contributed by atoms with Crippen molar-refractivity contribution in [3.05, 3.63) is 59.4 Å². The number of nitrogens with one attached hydrogen (secondary N) is 2. The molecule has 0 radical (unpaired) electrons. The number of likely N-dealkylation sites (tertiary alicyclic amines) is 1. The highest BCUT2D eigenvalue weighted by Gasteiger charge is 2.49. The summed E-state index contributed by atoms with van der Waals surface area (Å²) in [6.07, 6.45) is 9.22. The predicted octanol–water partition coefficient (Wildman–Crippen LogP) is 3.14. The van der Waals surface area contributed by atoms with E-state index in [1.807, 2.05) is 0 Å². The number of aromatic carboxylic acids is 1. The molecule has 54 heavy (non-hydrogen) atoms. The summed E-state index contributed by atoms with van der Waals surface area (Å²) in [5.41, 5.74) is 3.41. The van der Waals surface area contributed by atoms with Crippen molar-refractivity contribution in [3.8, 4) is 0 Å². The summed E-state index contributed by atoms with van der Waals surface area (Å²) in [4.78, 5) is 81.5. The summed E-state index contributed by atoms with van der Waals surface area (Å²) in [6.45, 7) is 3.17. The number of aliphatic hydroxyl groups is 1. The number of hydrogen-bond donors (Lipinski definition) is 5. The minimum Gasteiger partial charge on any atom is -0.478 e. The number of ketones is 1. The fourth-order valence-electron chi connectivity index (χ4n) is 8.49. The van der Waals surface area contributed by atoms with E-state index in [0.29, 0.717) is 35.7 Å². The first-order chi connectivity index (χ1) is 25.7. The lowest BCUT2D eigenvalue weighted by Crippen LogP contribution is -2.62. The largest absolute Gasteiger partial charge is 0.478 e. The van der Waals surface area contributed by atoms with E-state index < -0.39 is 64.6 Å². The van der Waals surface area contributed by atoms with Crippen LogP contribution in [0.2, 0.25) is 0 Å². The highest BCUT2D eigenvalue weighted by Crippen LogP contribution is 2.35. The molecule has 3 aromatic rings. The van der Waals surface area contributed by atoms with Crippen LogP contribution in [-0.4, -0.2) is 89.7 Å². The van der Waals surface area contributed by atoms with E-state index in [2.05, 4.69) is 20.9 Å². The number of benzene rings is 2. The van der Waals surface area contributed by atoms with Gasteiger partial charge in [-0.1, -0.05) is 68.7 Å². The minimum atomic E-state index is -1.49. The zero-order chi connectivity index (χ0) is 38.8. The van der Waals surface area contributed by atoms with Gasteiger partial charge in [-0.2, -0.15) is 0 Å². The molecule has 1 aliphatic heterocycles. The van der Waals surface area contributed by atoms with Gasteiger partial charge < -0.3 is 31.5 Å². The van der Waals surface area contributed by atoms with Crippen LogP contribution in [-0.2, 0) is 24.8 Å². The number of carboxylic acid groups (broad SMARTS) is 1. The molecule has 6 rings (SSSR count). The van der Waals surface area contributed by atoms with E-state index >= 15 is 0 Å². The summed E-state index contributed by atoms with van der Waals surface area (Å²) in [7, 11) is 0. The molecule has 15 heteroatoms. The molecule has 4 amide bonds. The van der Waals surface area contributed by atoms with Crippen molar-refractivity contribution in [1.29, 1.82) is 0 Å². The maximum absolute atomic E-state index is 14.9. The lowest BCUT2D eigenvalue weighted by Gasteiger charge is -2.38. The van der Waals surface area contributed by atoms with Crippen LogP contribution >= 0.6 is 0 Å². The number of fused-ring (bicyclic) bond motifs is 1. The van der Waals surface area contributed by atoms with Crippen LogP contribution in [0.3, 0.4) is 0 Å². The first-order valence-electron chi connectivity index (χ1n) is 18.8. The molecule has 0 bridgehead atoms. The molecule has 1 saturated heterocycles. The Morgan fingerprint density at radius 3 is 2.20 bits per heavy atom. The lowest BCUT2D eigenvalue weighted by molar-refractivity contribution is -0.145. The third-order valence-corrected chi connectivity index (χ3v) is 11.4. The Hall–Kier alpha value is -5.18. The Labute approximate surface area is 313 Å². The van der Waals surface area contributed by atoms with Crippen LogP contribution in [0.25, 0.3) is 10.8 Å². The van der Waals surface area contributed by atoms with Crippen LogP contribution in [0.5, 0.6) is 0 Å². The quantitative estimate of drug-likeness (QED) is 0.170. The zero-order valence-corrected chi connectivity index (χ0v) is 30.8. The Morgan fingerprint density at radius 1 is 0.944 bits per heavy atom. The number of primary amides is 1. The summed E-state index contributed by atoms with van der Waals surface area (Å²) in [5.74, 6) is -4.52. The number of carbonyl (C=O) groups excluding carboxylic acids is 5. The molecule has 0 spiro atoms. The number of amides is 4. The van der Waals surface area contributed by atoms with Gasteiger partial charge in [-0.15, -0.1) is 5.10 Å². The molecular formula is C39H49N7O8. The van der Waals surface area contributed by atoms with Crippen LogP contribution in [0.15, 0.2) is 42.6 Å². The number of nitrogens with two attached hydrogens (primary N) is 1. The molecule has 15 nitrogen and oxygen atoms in total. The normalized spacial score (nSPS) is 21.0. The highest BCUT2D eigenvalue weighted by molar-refractivity contribution is 6.39. The smallest absolute Gasteiger partial charge is 0.335 e. The molecule has 6 N–H and O–H groups in total. The Kier molecular flexibility index (Phi) is 11.2. The second-order valence-corrected chi connectivity index (χ2v) is 15.7. The van der Waals surface area contributed by atoms with Gasteiger partial charge in [0.2, 0.25) is 17.6 Å². The second kappa shape index (κ2) is 15.7. The Morgan fingerprint density at radius 2 is 1.57 bits per heavy atom. The number of carboxylic acids is 1. The average Bonchev–Trinajstić information content (AvgIpc) is 3.83. The summed E-state index contributed by atoms with van der Waals surface area (Å²) >= 11 is 0. The van der Waals surface area contributed by atoms with Gasteiger partial charge in [-0.25, -0.2) is 9.48 Å². The van der Waals surface area contributed by atoms with Gasteiger partial charge in [-0.05, 0) is 74.1 Å². The van der Waals surface area contributed by atoms with Crippen LogP contribution in [0.1, 0.15) is 123 Å². The van der Waals surface area contributed by atoms with E-state index in [-0.39, 0.29) is 42.9 Å². The Bertz CT molecular complexity index is 1940. The summed E-state index contributed by atoms with van der Waals surface area (Å²) in [6, 6.07) is 6.77. The van der Waals surface area contributed by atoms with Crippen molar-refractivity contribution >= 4 is 46.2 Å². The van der Waals surface area contributed by atoms with Crippen LogP contribution in [0, 0.1) is 5.92 Å². The van der Waals surface area contributed by atoms with Crippen molar-refractivity contribution in [3.63, 3.8) is 0 Å². The lowest BCUT2D eigenvalue weighted by atomic mass is 9.78. The average molecular weight is 744 g/mol. The molecular weight excluding hydrogens is 694 g/mol. The monoisotopic (exact) mass is 743 g/mol. The van der Waals surface area contributed by atoms with Crippen molar-refractivity contribution in [1.82, 2.24) is 30.5 Å². The standard InChI is InChI=1S/C39H49N7O8/c1-38(2,54)31-21-41-44-46(31)28-20-30(35(50)43-39(32(47)33(40)48)15-7-4-8-16-39)45(22-28)36(51)29(17-23-9-5-3-6-10-23)42-34(49)26-13-11-25-19-27(37(52)53)14-12-24(25)18-26/h11-14,18-19,21,23,28-30,54H,3-10,15-17,20,22H2,1-2H3,(H2,40,48)(H,42,49)(H,43,50)(H,52,53)/t28-,29?,30-/m0/s1. The topological polar surface area (TPSA) is 227 Å². The Balaban J connectivity index is 1.33. The van der Waals surface area contributed by atoms with Gasteiger partial charge >= 0.3 is 5.97 Å². The molecule has 3 aliphatic rings. The number of rotatable bonds is 12. The van der Waals surface area contributed by atoms with E-state index in [1.165, 1.54) is 27.9 Å². The van der Waals surface area contributed by atoms with E-state index in [9.17, 15) is 39.0 Å². The predicted molar refractivity (Wildman–Crippen MR) is 196 cm³/mol. The van der Waals surface area contributed by atoms with Crippen LogP contribution < -0.4 is 16.4 Å². The first kappa shape index (κ1) is 38.5. The van der Waals surface area contributed by atoms with Gasteiger partial charge in [0, 0.05) is 18.5 Å². The summed E-state index contributed by atoms with van der Waals surface area (Å²) in [5, 5.41) is 35.7. The molecule has 3 fully saturated rings. The van der Waals surface area contributed by atoms with Gasteiger partial charge in [0.05, 0.1) is 23.5 Å². The number of carbonyl (C=O) groups is 6. The number of Topliss-reactive ketones (excluding diaryl/α,β-unsaturated/α-hetero) is 1. The van der Waals surface area contributed by atoms with Crippen molar-refractivity contribution in [2.75, 3.05) is 6.54 Å². The van der Waals surface area contributed by atoms with E-state index in [0.717, 1.165) is 38.5 Å². The minimum absolute atomic E-state index is 0.000944.